The van der Waals surface area contributed by atoms with Crippen LogP contribution in [0, 0.1) is 30.2 Å². The molecule has 118 valence electrons. The second-order valence-electron chi connectivity index (χ2n) is 4.35. The van der Waals surface area contributed by atoms with Crippen molar-refractivity contribution in [1.82, 2.24) is 0 Å². The molecule has 0 fully saturated rings. The zero-order valence-electron chi connectivity index (χ0n) is 12.4. The highest BCUT2D eigenvalue weighted by Gasteiger charge is 2.24. The maximum atomic E-state index is 8.82. The SMILES string of the molecule is [C-]#[N+]c1ccc(OP(=S)(OCC#C)Oc2ccc(C#N)cc2)cc1. The number of terminal acetylenes is 1. The number of rotatable bonds is 6. The summed E-state index contributed by atoms with van der Waals surface area (Å²) in [5, 5.41) is 8.82. The van der Waals surface area contributed by atoms with Crippen LogP contribution in [0.5, 0.6) is 11.5 Å². The highest BCUT2D eigenvalue weighted by Crippen LogP contribution is 2.50. The molecule has 0 heterocycles. The molecule has 0 saturated heterocycles. The van der Waals surface area contributed by atoms with E-state index in [-0.39, 0.29) is 6.61 Å². The largest absolute Gasteiger partial charge is 0.435 e. The Morgan fingerprint density at radius 2 is 1.62 bits per heavy atom. The van der Waals surface area contributed by atoms with Crippen LogP contribution in [0.3, 0.4) is 0 Å². The third-order valence-electron chi connectivity index (χ3n) is 2.69. The zero-order chi connectivity index (χ0) is 17.4. The maximum Gasteiger partial charge on any atom is 0.435 e. The molecule has 0 radical (unpaired) electrons. The molecule has 7 heteroatoms. The average Bonchev–Trinajstić information content (AvgIpc) is 2.61. The first-order chi connectivity index (χ1) is 11.6. The van der Waals surface area contributed by atoms with Crippen molar-refractivity contribution >= 4 is 24.2 Å². The standard InChI is InChI=1S/C17H11N2O3PS/c1-3-12-20-23(24,21-16-8-4-14(13-18)5-9-16)22-17-10-6-15(19-2)7-11-17/h1,4-11H,12H2. The van der Waals surface area contributed by atoms with Gasteiger partial charge in [0.1, 0.15) is 18.1 Å². The fraction of sp³-hybridized carbons (Fsp3) is 0.0588. The van der Waals surface area contributed by atoms with Crippen LogP contribution in [0.15, 0.2) is 48.5 Å². The molecule has 0 aliphatic rings. The Labute approximate surface area is 145 Å². The molecule has 2 rings (SSSR count). The average molecular weight is 354 g/mol. The van der Waals surface area contributed by atoms with Gasteiger partial charge >= 0.3 is 6.72 Å². The summed E-state index contributed by atoms with van der Waals surface area (Å²) in [6.07, 6.45) is 5.21. The molecule has 1 unspecified atom stereocenters. The van der Waals surface area contributed by atoms with Crippen LogP contribution in [-0.4, -0.2) is 6.61 Å². The van der Waals surface area contributed by atoms with Gasteiger partial charge in [-0.25, -0.2) is 4.85 Å². The van der Waals surface area contributed by atoms with Gasteiger partial charge in [-0.1, -0.05) is 18.1 Å². The van der Waals surface area contributed by atoms with Crippen LogP contribution in [0.1, 0.15) is 5.56 Å². The van der Waals surface area contributed by atoms with Crippen LogP contribution in [0.2, 0.25) is 0 Å². The lowest BCUT2D eigenvalue weighted by Crippen LogP contribution is -2.05. The van der Waals surface area contributed by atoms with Gasteiger partial charge < -0.3 is 9.05 Å². The van der Waals surface area contributed by atoms with E-state index in [1.165, 1.54) is 0 Å². The molecule has 0 aliphatic carbocycles. The van der Waals surface area contributed by atoms with Crippen LogP contribution >= 0.6 is 6.72 Å². The van der Waals surface area contributed by atoms with Crippen molar-refractivity contribution in [1.29, 1.82) is 5.26 Å². The Morgan fingerprint density at radius 1 is 1.08 bits per heavy atom. The number of nitrogens with zero attached hydrogens (tertiary/aromatic N) is 2. The first-order valence-electron chi connectivity index (χ1n) is 6.63. The van der Waals surface area contributed by atoms with Gasteiger partial charge in [0, 0.05) is 11.8 Å². The number of hydrogen-bond acceptors (Lipinski definition) is 5. The van der Waals surface area contributed by atoms with Gasteiger partial charge in [-0.05, 0) is 36.4 Å². The van der Waals surface area contributed by atoms with Crippen molar-refractivity contribution in [3.63, 3.8) is 0 Å². The Hall–Kier alpha value is -2.81. The molecular weight excluding hydrogens is 343 g/mol. The summed E-state index contributed by atoms with van der Waals surface area (Å²) in [4.78, 5) is 3.30. The van der Waals surface area contributed by atoms with E-state index >= 15 is 0 Å². The van der Waals surface area contributed by atoms with Crippen LogP contribution in [0.25, 0.3) is 4.85 Å². The van der Waals surface area contributed by atoms with E-state index in [0.29, 0.717) is 22.7 Å². The monoisotopic (exact) mass is 354 g/mol. The fourth-order valence-electron chi connectivity index (χ4n) is 1.62. The topological polar surface area (TPSA) is 55.8 Å². The minimum Gasteiger partial charge on any atom is -0.416 e. The van der Waals surface area contributed by atoms with Crippen molar-refractivity contribution in [3.05, 3.63) is 65.5 Å². The second kappa shape index (κ2) is 8.16. The summed E-state index contributed by atoms with van der Waals surface area (Å²) < 4.78 is 16.8. The Kier molecular flexibility index (Phi) is 5.96. The lowest BCUT2D eigenvalue weighted by atomic mass is 10.2. The third kappa shape index (κ3) is 4.85. The van der Waals surface area contributed by atoms with Gasteiger partial charge in [0.15, 0.2) is 5.69 Å². The van der Waals surface area contributed by atoms with E-state index in [1.54, 1.807) is 48.5 Å². The van der Waals surface area contributed by atoms with E-state index in [9.17, 15) is 0 Å². The van der Waals surface area contributed by atoms with Crippen molar-refractivity contribution in [2.24, 2.45) is 0 Å². The van der Waals surface area contributed by atoms with Crippen molar-refractivity contribution in [2.45, 2.75) is 0 Å². The molecule has 0 amide bonds. The molecule has 0 saturated carbocycles. The van der Waals surface area contributed by atoms with Gasteiger partial charge in [0.05, 0.1) is 18.2 Å². The minimum absolute atomic E-state index is 0.0618. The van der Waals surface area contributed by atoms with Gasteiger partial charge in [-0.2, -0.15) is 5.26 Å². The van der Waals surface area contributed by atoms with Crippen molar-refractivity contribution in [3.8, 4) is 29.9 Å². The molecule has 0 aliphatic heterocycles. The highest BCUT2D eigenvalue weighted by atomic mass is 32.5. The van der Waals surface area contributed by atoms with Crippen LogP contribution < -0.4 is 9.05 Å². The first kappa shape index (κ1) is 17.5. The normalized spacial score (nSPS) is 12.0. The molecular formula is C17H11N2O3PS. The maximum absolute atomic E-state index is 8.82. The van der Waals surface area contributed by atoms with E-state index in [0.717, 1.165) is 0 Å². The van der Waals surface area contributed by atoms with Gasteiger partial charge in [0.25, 0.3) is 0 Å². The summed E-state index contributed by atoms with van der Waals surface area (Å²) in [5.74, 6) is 3.15. The summed E-state index contributed by atoms with van der Waals surface area (Å²) in [7, 11) is 0. The summed E-state index contributed by atoms with van der Waals surface area (Å²) in [6, 6.07) is 14.8. The molecule has 2 aromatic carbocycles. The molecule has 0 N–H and O–H groups in total. The summed E-state index contributed by atoms with van der Waals surface area (Å²) >= 11 is 5.38. The van der Waals surface area contributed by atoms with Gasteiger partial charge in [-0.15, -0.1) is 6.42 Å². The highest BCUT2D eigenvalue weighted by molar-refractivity contribution is 8.07. The van der Waals surface area contributed by atoms with E-state index in [1.807, 2.05) is 6.07 Å². The summed E-state index contributed by atoms with van der Waals surface area (Å²) in [5.41, 5.74) is 0.976. The smallest absolute Gasteiger partial charge is 0.416 e. The molecule has 0 bridgehead atoms. The molecule has 2 aromatic rings. The van der Waals surface area contributed by atoms with Crippen molar-refractivity contribution in [2.75, 3.05) is 6.61 Å². The van der Waals surface area contributed by atoms with Crippen molar-refractivity contribution < 1.29 is 13.6 Å². The molecule has 1 atom stereocenters. The fourth-order valence-corrected chi connectivity index (χ4v) is 3.43. The first-order valence-corrected chi connectivity index (χ1v) is 9.19. The Morgan fingerprint density at radius 3 is 2.08 bits per heavy atom. The van der Waals surface area contributed by atoms with Crippen LogP contribution in [0.4, 0.5) is 5.69 Å². The Balaban J connectivity index is 2.21. The number of hydrogen-bond donors (Lipinski definition) is 0. The van der Waals surface area contributed by atoms with Gasteiger partial charge in [-0.3, -0.25) is 4.52 Å². The molecule has 0 spiro atoms. The van der Waals surface area contributed by atoms with Gasteiger partial charge in [0.2, 0.25) is 0 Å². The lowest BCUT2D eigenvalue weighted by molar-refractivity contribution is 0.294. The quantitative estimate of drug-likeness (QED) is 0.436. The minimum atomic E-state index is -3.20. The molecule has 0 aromatic heterocycles. The third-order valence-corrected chi connectivity index (χ3v) is 4.77. The summed E-state index contributed by atoms with van der Waals surface area (Å²) in [6.45, 7) is 3.68. The molecule has 5 nitrogen and oxygen atoms in total. The number of nitriles is 1. The predicted molar refractivity (Wildman–Crippen MR) is 94.2 cm³/mol. The van der Waals surface area contributed by atoms with E-state index < -0.39 is 6.72 Å². The van der Waals surface area contributed by atoms with E-state index in [2.05, 4.69) is 10.8 Å². The second-order valence-corrected chi connectivity index (χ2v) is 7.21. The van der Waals surface area contributed by atoms with E-state index in [4.69, 9.17) is 43.6 Å². The number of benzene rings is 2. The molecule has 24 heavy (non-hydrogen) atoms. The Bertz CT molecular complexity index is 811. The zero-order valence-corrected chi connectivity index (χ0v) is 14.1. The van der Waals surface area contributed by atoms with Crippen LogP contribution in [-0.2, 0) is 16.3 Å². The lowest BCUT2D eigenvalue weighted by Gasteiger charge is -2.22. The predicted octanol–water partition coefficient (Wildman–Crippen LogP) is 4.44.